The molecule has 0 heterocycles. The van der Waals surface area contributed by atoms with E-state index in [0.717, 1.165) is 6.92 Å². The molecule has 0 saturated carbocycles. The molecule has 1 rings (SSSR count). The summed E-state index contributed by atoms with van der Waals surface area (Å²) in [6.45, 7) is 3.19. The van der Waals surface area contributed by atoms with Crippen molar-refractivity contribution >= 4 is 20.0 Å². The molecule has 2 N–H and O–H groups in total. The third kappa shape index (κ3) is 6.39. The van der Waals surface area contributed by atoms with Crippen LogP contribution >= 0.6 is 0 Å². The minimum Gasteiger partial charge on any atom is -0.481 e. The topological polar surface area (TPSA) is 57.5 Å². The molecule has 4 heteroatoms. The molecule has 0 saturated heterocycles. The first-order valence-corrected chi connectivity index (χ1v) is 6.47. The first-order chi connectivity index (χ1) is 6.57. The van der Waals surface area contributed by atoms with Crippen molar-refractivity contribution in [1.29, 1.82) is 0 Å². The first-order valence-electron chi connectivity index (χ1n) is 4.26. The summed E-state index contributed by atoms with van der Waals surface area (Å²) in [4.78, 5) is 9.00. The summed E-state index contributed by atoms with van der Waals surface area (Å²) in [7, 11) is -0.651. The van der Waals surface area contributed by atoms with E-state index in [-0.39, 0.29) is 0 Å². The molecule has 0 atom stereocenters. The van der Waals surface area contributed by atoms with Crippen molar-refractivity contribution < 1.29 is 15.0 Å². The van der Waals surface area contributed by atoms with Crippen LogP contribution in [0.3, 0.4) is 0 Å². The number of aliphatic hydroxyl groups excluding tert-OH is 1. The number of carboxylic acids is 1. The number of aliphatic carboxylic acids is 1. The predicted octanol–water partition coefficient (Wildman–Crippen LogP) is 0.641. The molecule has 1 aromatic carbocycles. The fraction of sp³-hybridized carbons (Fsp3) is 0.300. The molecule has 1 aromatic rings. The highest BCUT2D eigenvalue weighted by molar-refractivity contribution is 6.71. The third-order valence-corrected chi connectivity index (χ3v) is 3.30. The van der Waals surface area contributed by atoms with Gasteiger partial charge in [-0.15, -0.1) is 0 Å². The Hall–Kier alpha value is -1.13. The Morgan fingerprint density at radius 1 is 1.36 bits per heavy atom. The van der Waals surface area contributed by atoms with Crippen LogP contribution in [0.25, 0.3) is 0 Å². The Labute approximate surface area is 85.6 Å². The summed E-state index contributed by atoms with van der Waals surface area (Å²) in [6, 6.07) is 10.2. The van der Waals surface area contributed by atoms with Crippen LogP contribution in [0, 0.1) is 0 Å². The summed E-state index contributed by atoms with van der Waals surface area (Å²) in [5.41, 5.74) is 0. The van der Waals surface area contributed by atoms with Crippen molar-refractivity contribution in [3.63, 3.8) is 0 Å². The lowest BCUT2D eigenvalue weighted by Gasteiger charge is -2.03. The molecule has 0 aliphatic heterocycles. The average Bonchev–Trinajstić information content (AvgIpc) is 2.17. The van der Waals surface area contributed by atoms with Crippen LogP contribution in [-0.4, -0.2) is 31.2 Å². The second-order valence-electron chi connectivity index (χ2n) is 2.82. The highest BCUT2D eigenvalue weighted by Gasteiger charge is 2.03. The standard InChI is InChI=1S/C8H11OSi.C2H4O2/c1-10(7-9)8-5-3-2-4-6-8;1-2(3)4/h2-6,9H,7H2,1H3;1H3,(H,3,4). The van der Waals surface area contributed by atoms with Crippen LogP contribution < -0.4 is 5.19 Å². The molecule has 77 valence electrons. The highest BCUT2D eigenvalue weighted by atomic mass is 28.3. The van der Waals surface area contributed by atoms with Gasteiger partial charge in [-0.05, 0) is 0 Å². The Kier molecular flexibility index (Phi) is 6.70. The van der Waals surface area contributed by atoms with Gasteiger partial charge < -0.3 is 10.2 Å². The number of rotatable bonds is 2. The van der Waals surface area contributed by atoms with Gasteiger partial charge in [-0.2, -0.15) is 0 Å². The van der Waals surface area contributed by atoms with E-state index in [1.807, 2.05) is 18.2 Å². The second-order valence-corrected chi connectivity index (χ2v) is 5.28. The first kappa shape index (κ1) is 12.9. The Bertz CT molecular complexity index is 257. The second kappa shape index (κ2) is 7.29. The highest BCUT2D eigenvalue weighted by Crippen LogP contribution is 1.86. The van der Waals surface area contributed by atoms with Crippen molar-refractivity contribution in [1.82, 2.24) is 0 Å². The molecule has 3 nitrogen and oxygen atoms in total. The average molecular weight is 211 g/mol. The molecule has 14 heavy (non-hydrogen) atoms. The fourth-order valence-electron chi connectivity index (χ4n) is 0.814. The van der Waals surface area contributed by atoms with Crippen LogP contribution in [0.15, 0.2) is 30.3 Å². The smallest absolute Gasteiger partial charge is 0.300 e. The van der Waals surface area contributed by atoms with E-state index >= 15 is 0 Å². The molecule has 0 unspecified atom stereocenters. The van der Waals surface area contributed by atoms with Crippen LogP contribution in [0.2, 0.25) is 6.55 Å². The Morgan fingerprint density at radius 2 is 1.79 bits per heavy atom. The molecule has 0 aliphatic rings. The maximum atomic E-state index is 9.00. The van der Waals surface area contributed by atoms with Gasteiger partial charge in [-0.3, -0.25) is 4.79 Å². The van der Waals surface area contributed by atoms with E-state index in [2.05, 4.69) is 18.7 Å². The summed E-state index contributed by atoms with van der Waals surface area (Å²) in [5.74, 6) is -0.833. The van der Waals surface area contributed by atoms with Crippen molar-refractivity contribution in [2.45, 2.75) is 13.5 Å². The number of carbonyl (C=O) groups is 1. The van der Waals surface area contributed by atoms with Crippen molar-refractivity contribution in [2.24, 2.45) is 0 Å². The number of hydrogen-bond donors (Lipinski definition) is 2. The maximum absolute atomic E-state index is 9.00. The maximum Gasteiger partial charge on any atom is 0.300 e. The third-order valence-electron chi connectivity index (χ3n) is 1.50. The molecule has 0 amide bonds. The summed E-state index contributed by atoms with van der Waals surface area (Å²) < 4.78 is 0. The normalized spacial score (nSPS) is 9.14. The van der Waals surface area contributed by atoms with E-state index in [0.29, 0.717) is 6.23 Å². The molecule has 1 radical (unpaired) electrons. The van der Waals surface area contributed by atoms with Gasteiger partial charge in [0.1, 0.15) is 8.80 Å². The van der Waals surface area contributed by atoms with Gasteiger partial charge in [0.15, 0.2) is 0 Å². The van der Waals surface area contributed by atoms with E-state index in [9.17, 15) is 0 Å². The summed E-state index contributed by atoms with van der Waals surface area (Å²) >= 11 is 0. The molecular formula is C10H15O3Si. The fourth-order valence-corrected chi connectivity index (χ4v) is 1.76. The van der Waals surface area contributed by atoms with E-state index in [1.54, 1.807) is 0 Å². The van der Waals surface area contributed by atoms with Gasteiger partial charge in [0.2, 0.25) is 0 Å². The molecule has 0 bridgehead atoms. The largest absolute Gasteiger partial charge is 0.481 e. The molecule has 0 fully saturated rings. The van der Waals surface area contributed by atoms with E-state index in [1.165, 1.54) is 5.19 Å². The summed E-state index contributed by atoms with van der Waals surface area (Å²) in [6.07, 6.45) is 0.328. The van der Waals surface area contributed by atoms with E-state index in [4.69, 9.17) is 15.0 Å². The minimum atomic E-state index is -0.833. The van der Waals surface area contributed by atoms with Crippen molar-refractivity contribution in [3.05, 3.63) is 30.3 Å². The zero-order chi connectivity index (χ0) is 11.0. The van der Waals surface area contributed by atoms with Crippen LogP contribution in [0.5, 0.6) is 0 Å². The number of hydrogen-bond acceptors (Lipinski definition) is 2. The number of aliphatic hydroxyl groups is 1. The van der Waals surface area contributed by atoms with Crippen molar-refractivity contribution in [2.75, 3.05) is 6.23 Å². The molecular weight excluding hydrogens is 196 g/mol. The molecule has 0 spiro atoms. The lowest BCUT2D eigenvalue weighted by atomic mass is 10.4. The van der Waals surface area contributed by atoms with Crippen molar-refractivity contribution in [3.8, 4) is 0 Å². The monoisotopic (exact) mass is 211 g/mol. The van der Waals surface area contributed by atoms with Gasteiger partial charge >= 0.3 is 0 Å². The van der Waals surface area contributed by atoms with Crippen LogP contribution in [0.4, 0.5) is 0 Å². The SMILES string of the molecule is CC(=O)O.C[Si](CO)c1ccccc1. The van der Waals surface area contributed by atoms with Gasteiger partial charge in [-0.25, -0.2) is 0 Å². The van der Waals surface area contributed by atoms with Gasteiger partial charge in [-0.1, -0.05) is 42.1 Å². The predicted molar refractivity (Wildman–Crippen MR) is 58.1 cm³/mol. The molecule has 0 aliphatic carbocycles. The zero-order valence-corrected chi connectivity index (χ0v) is 9.40. The summed E-state index contributed by atoms with van der Waals surface area (Å²) in [5, 5.41) is 17.6. The number of carboxylic acid groups (broad SMARTS) is 1. The zero-order valence-electron chi connectivity index (χ0n) is 8.40. The lowest BCUT2D eigenvalue weighted by molar-refractivity contribution is -0.134. The van der Waals surface area contributed by atoms with Crippen LogP contribution in [-0.2, 0) is 4.79 Å². The van der Waals surface area contributed by atoms with Gasteiger partial charge in [0, 0.05) is 13.2 Å². The quantitative estimate of drug-likeness (QED) is 0.706. The number of benzene rings is 1. The van der Waals surface area contributed by atoms with Crippen LogP contribution in [0.1, 0.15) is 6.92 Å². The molecule has 0 aromatic heterocycles. The van der Waals surface area contributed by atoms with E-state index < -0.39 is 14.8 Å². The van der Waals surface area contributed by atoms with Gasteiger partial charge in [0.05, 0.1) is 0 Å². The minimum absolute atomic E-state index is 0.328. The lowest BCUT2D eigenvalue weighted by Crippen LogP contribution is -2.30. The van der Waals surface area contributed by atoms with Gasteiger partial charge in [0.25, 0.3) is 5.97 Å². The Morgan fingerprint density at radius 3 is 2.14 bits per heavy atom. The Balaban J connectivity index is 0.000000364.